The first-order valence-electron chi connectivity index (χ1n) is 10.5. The molecule has 0 aromatic heterocycles. The van der Waals surface area contributed by atoms with Crippen molar-refractivity contribution in [3.05, 3.63) is 41.6 Å². The largest absolute Gasteiger partial charge is 0.313 e. The normalized spacial score (nSPS) is 12.3. The van der Waals surface area contributed by atoms with E-state index in [1.165, 1.54) is 69.8 Å². The summed E-state index contributed by atoms with van der Waals surface area (Å²) in [6.07, 6.45) is 16.1. The zero-order valence-corrected chi connectivity index (χ0v) is 18.2. The molecule has 0 heterocycles. The number of rotatable bonds is 15. The highest BCUT2D eigenvalue weighted by molar-refractivity contribution is 7.89. The molecule has 1 aromatic carbocycles. The molecule has 0 spiro atoms. The fraction of sp³-hybridized carbons (Fsp3) is 0.636. The van der Waals surface area contributed by atoms with Crippen molar-refractivity contribution in [2.75, 3.05) is 0 Å². The van der Waals surface area contributed by atoms with Gasteiger partial charge >= 0.3 is 0 Å². The zero-order valence-electron chi connectivity index (χ0n) is 17.4. The standard InChI is InChI=1S/C22H38N2O2S/c1-4-6-7-8-9-10-11-12-13-14-15-21-16-18-22(19-17-21)27(25,26)24-23-20(3)5-2/h5,16-19,23-24H,4,6-15H2,1-3H3. The Hall–Kier alpha value is -1.33. The van der Waals surface area contributed by atoms with E-state index in [1.807, 2.05) is 19.1 Å². The molecule has 4 nitrogen and oxygen atoms in total. The first-order chi connectivity index (χ1) is 13.0. The molecule has 0 saturated heterocycles. The van der Waals surface area contributed by atoms with Crippen LogP contribution in [0, 0.1) is 0 Å². The van der Waals surface area contributed by atoms with E-state index < -0.39 is 10.0 Å². The number of sulfonamides is 1. The maximum Gasteiger partial charge on any atom is 0.257 e. The molecule has 27 heavy (non-hydrogen) atoms. The van der Waals surface area contributed by atoms with E-state index in [1.54, 1.807) is 25.1 Å². The van der Waals surface area contributed by atoms with Gasteiger partial charge in [0, 0.05) is 5.70 Å². The highest BCUT2D eigenvalue weighted by Crippen LogP contribution is 2.14. The molecule has 1 rings (SSSR count). The number of aryl methyl sites for hydroxylation is 1. The monoisotopic (exact) mass is 394 g/mol. The Morgan fingerprint density at radius 2 is 1.41 bits per heavy atom. The smallest absolute Gasteiger partial charge is 0.257 e. The van der Waals surface area contributed by atoms with E-state index in [-0.39, 0.29) is 4.90 Å². The predicted octanol–water partition coefficient (Wildman–Crippen LogP) is 5.86. The summed E-state index contributed by atoms with van der Waals surface area (Å²) < 4.78 is 24.4. The molecule has 0 unspecified atom stereocenters. The molecular weight excluding hydrogens is 356 g/mol. The average Bonchev–Trinajstić information content (AvgIpc) is 2.68. The molecule has 0 radical (unpaired) electrons. The van der Waals surface area contributed by atoms with E-state index in [0.717, 1.165) is 12.1 Å². The van der Waals surface area contributed by atoms with Crippen LogP contribution in [0.2, 0.25) is 0 Å². The Bertz CT molecular complexity index is 637. The molecule has 0 atom stereocenters. The van der Waals surface area contributed by atoms with E-state index in [9.17, 15) is 8.42 Å². The molecule has 2 N–H and O–H groups in total. The fourth-order valence-electron chi connectivity index (χ4n) is 2.93. The van der Waals surface area contributed by atoms with Crippen molar-refractivity contribution in [1.82, 2.24) is 10.3 Å². The second kappa shape index (κ2) is 13.8. The van der Waals surface area contributed by atoms with Gasteiger partial charge in [-0.15, -0.1) is 4.83 Å². The summed E-state index contributed by atoms with van der Waals surface area (Å²) in [6, 6.07) is 7.21. The van der Waals surface area contributed by atoms with Gasteiger partial charge in [-0.3, -0.25) is 0 Å². The van der Waals surface area contributed by atoms with Crippen molar-refractivity contribution >= 4 is 10.0 Å². The van der Waals surface area contributed by atoms with Gasteiger partial charge in [0.1, 0.15) is 0 Å². The number of benzene rings is 1. The van der Waals surface area contributed by atoms with Gasteiger partial charge in [-0.25, -0.2) is 8.42 Å². The lowest BCUT2D eigenvalue weighted by atomic mass is 10.0. The number of allylic oxidation sites excluding steroid dienone is 2. The SMILES string of the molecule is CC=C(C)NNS(=O)(=O)c1ccc(CCCCCCCCCCCC)cc1. The summed E-state index contributed by atoms with van der Waals surface area (Å²) in [7, 11) is -3.53. The third-order valence-electron chi connectivity index (χ3n) is 4.87. The van der Waals surface area contributed by atoms with Crippen molar-refractivity contribution in [2.45, 2.75) is 96.3 Å². The summed E-state index contributed by atoms with van der Waals surface area (Å²) in [5, 5.41) is 0. The van der Waals surface area contributed by atoms with Crippen LogP contribution in [-0.4, -0.2) is 8.42 Å². The number of hydrazine groups is 1. The molecule has 0 aliphatic rings. The van der Waals surface area contributed by atoms with Crippen LogP contribution in [0.1, 0.15) is 90.5 Å². The van der Waals surface area contributed by atoms with Gasteiger partial charge < -0.3 is 5.43 Å². The van der Waals surface area contributed by atoms with Gasteiger partial charge in [-0.05, 0) is 44.4 Å². The third kappa shape index (κ3) is 10.5. The minimum Gasteiger partial charge on any atom is -0.313 e. The van der Waals surface area contributed by atoms with Crippen LogP contribution in [0.5, 0.6) is 0 Å². The van der Waals surface area contributed by atoms with Gasteiger partial charge in [0.25, 0.3) is 10.0 Å². The average molecular weight is 395 g/mol. The summed E-state index contributed by atoms with van der Waals surface area (Å²) in [5.41, 5.74) is 4.64. The summed E-state index contributed by atoms with van der Waals surface area (Å²) in [6.45, 7) is 5.91. The van der Waals surface area contributed by atoms with Crippen LogP contribution < -0.4 is 10.3 Å². The maximum absolute atomic E-state index is 12.2. The first kappa shape index (κ1) is 23.7. The van der Waals surface area contributed by atoms with Crippen LogP contribution in [-0.2, 0) is 16.4 Å². The van der Waals surface area contributed by atoms with Gasteiger partial charge in [-0.1, -0.05) is 82.9 Å². The summed E-state index contributed by atoms with van der Waals surface area (Å²) >= 11 is 0. The minimum atomic E-state index is -3.53. The third-order valence-corrected chi connectivity index (χ3v) is 6.13. The fourth-order valence-corrected chi connectivity index (χ4v) is 3.84. The van der Waals surface area contributed by atoms with Gasteiger partial charge in [0.2, 0.25) is 0 Å². The zero-order chi connectivity index (χ0) is 20.0. The van der Waals surface area contributed by atoms with Crippen LogP contribution in [0.3, 0.4) is 0 Å². The Morgan fingerprint density at radius 3 is 1.93 bits per heavy atom. The van der Waals surface area contributed by atoms with Crippen molar-refractivity contribution in [2.24, 2.45) is 0 Å². The molecule has 154 valence electrons. The van der Waals surface area contributed by atoms with Crippen molar-refractivity contribution in [3.63, 3.8) is 0 Å². The molecule has 1 aromatic rings. The van der Waals surface area contributed by atoms with Crippen LogP contribution >= 0.6 is 0 Å². The molecular formula is C22H38N2O2S. The highest BCUT2D eigenvalue weighted by Gasteiger charge is 2.13. The molecule has 0 saturated carbocycles. The number of nitrogens with one attached hydrogen (secondary N) is 2. The second-order valence-electron chi connectivity index (χ2n) is 7.28. The Labute approximate surface area is 166 Å². The van der Waals surface area contributed by atoms with Crippen LogP contribution in [0.15, 0.2) is 40.9 Å². The van der Waals surface area contributed by atoms with E-state index >= 15 is 0 Å². The lowest BCUT2D eigenvalue weighted by Gasteiger charge is -2.10. The number of hydrogen-bond acceptors (Lipinski definition) is 3. The van der Waals surface area contributed by atoms with E-state index in [2.05, 4.69) is 17.2 Å². The van der Waals surface area contributed by atoms with Crippen LogP contribution in [0.4, 0.5) is 0 Å². The summed E-state index contributed by atoms with van der Waals surface area (Å²) in [4.78, 5) is 2.67. The van der Waals surface area contributed by atoms with Gasteiger partial charge in [0.05, 0.1) is 4.90 Å². The second-order valence-corrected chi connectivity index (χ2v) is 8.96. The topological polar surface area (TPSA) is 58.2 Å². The number of hydrogen-bond donors (Lipinski definition) is 2. The Morgan fingerprint density at radius 1 is 0.889 bits per heavy atom. The lowest BCUT2D eigenvalue weighted by Crippen LogP contribution is -2.35. The minimum absolute atomic E-state index is 0.283. The maximum atomic E-state index is 12.2. The van der Waals surface area contributed by atoms with Gasteiger partial charge in [-0.2, -0.15) is 0 Å². The molecule has 5 heteroatoms. The van der Waals surface area contributed by atoms with Crippen molar-refractivity contribution < 1.29 is 8.42 Å². The molecule has 0 aliphatic carbocycles. The van der Waals surface area contributed by atoms with Crippen molar-refractivity contribution in [3.8, 4) is 0 Å². The van der Waals surface area contributed by atoms with E-state index in [0.29, 0.717) is 0 Å². The quantitative estimate of drug-likeness (QED) is 0.289. The number of unbranched alkanes of at least 4 members (excludes halogenated alkanes) is 9. The van der Waals surface area contributed by atoms with E-state index in [4.69, 9.17) is 0 Å². The Kier molecular flexibility index (Phi) is 12.1. The first-order valence-corrected chi connectivity index (χ1v) is 12.0. The molecule has 0 amide bonds. The lowest BCUT2D eigenvalue weighted by molar-refractivity contribution is 0.556. The molecule has 0 fully saturated rings. The van der Waals surface area contributed by atoms with Crippen LogP contribution in [0.25, 0.3) is 0 Å². The molecule has 0 bridgehead atoms. The van der Waals surface area contributed by atoms with Gasteiger partial charge in [0.15, 0.2) is 0 Å². The predicted molar refractivity (Wildman–Crippen MR) is 115 cm³/mol. The summed E-state index contributed by atoms with van der Waals surface area (Å²) in [5.74, 6) is 0. The highest BCUT2D eigenvalue weighted by atomic mass is 32.2. The van der Waals surface area contributed by atoms with Crippen molar-refractivity contribution in [1.29, 1.82) is 0 Å². The molecule has 0 aliphatic heterocycles. The Balaban J connectivity index is 2.23.